The second-order valence-corrected chi connectivity index (χ2v) is 6.93. The van der Waals surface area contributed by atoms with Gasteiger partial charge in [-0.25, -0.2) is 4.98 Å². The minimum Gasteiger partial charge on any atom is -0.379 e. The first kappa shape index (κ1) is 15.2. The van der Waals surface area contributed by atoms with Crippen LogP contribution in [0.1, 0.15) is 5.56 Å². The molecule has 1 saturated heterocycles. The maximum atomic E-state index is 11.1. The Labute approximate surface area is 129 Å². The summed E-state index contributed by atoms with van der Waals surface area (Å²) < 4.78 is 32.4. The molecule has 7 heteroatoms. The van der Waals surface area contributed by atoms with Crippen LogP contribution in [0.5, 0.6) is 5.88 Å². The first-order chi connectivity index (χ1) is 10.5. The van der Waals surface area contributed by atoms with Gasteiger partial charge in [-0.3, -0.25) is 4.90 Å². The van der Waals surface area contributed by atoms with Gasteiger partial charge < -0.3 is 8.92 Å². The molecule has 0 atom stereocenters. The van der Waals surface area contributed by atoms with Crippen LogP contribution in [0, 0.1) is 0 Å². The third-order valence-electron chi connectivity index (χ3n) is 3.47. The molecule has 0 bridgehead atoms. The van der Waals surface area contributed by atoms with Crippen LogP contribution in [0.4, 0.5) is 0 Å². The summed E-state index contributed by atoms with van der Waals surface area (Å²) in [6.07, 6.45) is 1.00. The van der Waals surface area contributed by atoms with Gasteiger partial charge in [0.1, 0.15) is 0 Å². The SMILES string of the molecule is CS(=O)(=O)Oc1ccc2cc(CN3CCOCC3)ccc2n1. The normalized spacial score (nSPS) is 16.8. The average Bonchev–Trinajstić information content (AvgIpc) is 2.47. The Morgan fingerprint density at radius 2 is 2.00 bits per heavy atom. The molecule has 1 aromatic carbocycles. The van der Waals surface area contributed by atoms with Crippen LogP contribution in [0.2, 0.25) is 0 Å². The van der Waals surface area contributed by atoms with Gasteiger partial charge in [-0.15, -0.1) is 0 Å². The lowest BCUT2D eigenvalue weighted by Crippen LogP contribution is -2.35. The Hall–Kier alpha value is -1.70. The molecule has 22 heavy (non-hydrogen) atoms. The van der Waals surface area contributed by atoms with E-state index >= 15 is 0 Å². The number of nitrogens with zero attached hydrogens (tertiary/aromatic N) is 2. The molecule has 2 heterocycles. The zero-order chi connectivity index (χ0) is 15.6. The highest BCUT2D eigenvalue weighted by Gasteiger charge is 2.11. The van der Waals surface area contributed by atoms with Gasteiger partial charge in [0.25, 0.3) is 0 Å². The zero-order valence-electron chi connectivity index (χ0n) is 12.4. The van der Waals surface area contributed by atoms with Crippen molar-refractivity contribution < 1.29 is 17.3 Å². The van der Waals surface area contributed by atoms with Crippen LogP contribution in [0.25, 0.3) is 10.9 Å². The fourth-order valence-corrected chi connectivity index (χ4v) is 2.88. The molecule has 1 aliphatic heterocycles. The van der Waals surface area contributed by atoms with E-state index in [1.54, 1.807) is 6.07 Å². The molecular weight excluding hydrogens is 304 g/mol. The first-order valence-electron chi connectivity index (χ1n) is 7.09. The van der Waals surface area contributed by atoms with Crippen molar-refractivity contribution in [2.75, 3.05) is 32.6 Å². The van der Waals surface area contributed by atoms with Crippen molar-refractivity contribution in [2.24, 2.45) is 0 Å². The topological polar surface area (TPSA) is 68.7 Å². The van der Waals surface area contributed by atoms with Crippen LogP contribution in [-0.2, 0) is 21.4 Å². The number of morpholine rings is 1. The van der Waals surface area contributed by atoms with Crippen molar-refractivity contribution in [3.63, 3.8) is 0 Å². The fraction of sp³-hybridized carbons (Fsp3) is 0.400. The van der Waals surface area contributed by atoms with E-state index < -0.39 is 10.1 Å². The lowest BCUT2D eigenvalue weighted by Gasteiger charge is -2.26. The highest BCUT2D eigenvalue weighted by atomic mass is 32.2. The van der Waals surface area contributed by atoms with E-state index in [-0.39, 0.29) is 5.88 Å². The van der Waals surface area contributed by atoms with Crippen molar-refractivity contribution in [1.29, 1.82) is 0 Å². The maximum absolute atomic E-state index is 11.1. The first-order valence-corrected chi connectivity index (χ1v) is 8.90. The van der Waals surface area contributed by atoms with Crippen LogP contribution in [-0.4, -0.2) is 50.9 Å². The van der Waals surface area contributed by atoms with Crippen LogP contribution in [0.15, 0.2) is 30.3 Å². The molecule has 0 saturated carbocycles. The van der Waals surface area contributed by atoms with Crippen molar-refractivity contribution in [2.45, 2.75) is 6.54 Å². The number of rotatable bonds is 4. The van der Waals surface area contributed by atoms with E-state index in [0.29, 0.717) is 5.52 Å². The van der Waals surface area contributed by atoms with Crippen molar-refractivity contribution in [3.05, 3.63) is 35.9 Å². The molecule has 0 spiro atoms. The summed E-state index contributed by atoms with van der Waals surface area (Å²) in [4.78, 5) is 6.56. The van der Waals surface area contributed by atoms with E-state index in [4.69, 9.17) is 8.92 Å². The highest BCUT2D eigenvalue weighted by Crippen LogP contribution is 2.20. The Kier molecular flexibility index (Phi) is 4.28. The second-order valence-electron chi connectivity index (χ2n) is 5.35. The predicted octanol–water partition coefficient (Wildman–Crippen LogP) is 1.41. The summed E-state index contributed by atoms with van der Waals surface area (Å²) >= 11 is 0. The lowest BCUT2D eigenvalue weighted by atomic mass is 10.1. The smallest absolute Gasteiger partial charge is 0.307 e. The number of benzene rings is 1. The standard InChI is InChI=1S/C15H18N2O4S/c1-22(18,19)21-15-5-3-13-10-12(2-4-14(13)16-15)11-17-6-8-20-9-7-17/h2-5,10H,6-9,11H2,1H3. The minimum absolute atomic E-state index is 0.0935. The van der Waals surface area contributed by atoms with Gasteiger partial charge in [-0.1, -0.05) is 6.07 Å². The fourth-order valence-electron chi connectivity index (χ4n) is 2.47. The van der Waals surface area contributed by atoms with Crippen molar-refractivity contribution in [1.82, 2.24) is 9.88 Å². The summed E-state index contributed by atoms with van der Waals surface area (Å²) in [6, 6.07) is 9.37. The molecule has 0 unspecified atom stereocenters. The Morgan fingerprint density at radius 1 is 1.23 bits per heavy atom. The monoisotopic (exact) mass is 322 g/mol. The number of hydrogen-bond donors (Lipinski definition) is 0. The molecule has 0 amide bonds. The number of aromatic nitrogens is 1. The van der Waals surface area contributed by atoms with E-state index in [2.05, 4.69) is 16.0 Å². The van der Waals surface area contributed by atoms with E-state index in [0.717, 1.165) is 44.5 Å². The number of hydrogen-bond acceptors (Lipinski definition) is 6. The molecule has 1 aromatic heterocycles. The van der Waals surface area contributed by atoms with Gasteiger partial charge in [0.05, 0.1) is 25.0 Å². The largest absolute Gasteiger partial charge is 0.379 e. The zero-order valence-corrected chi connectivity index (χ0v) is 13.2. The third-order valence-corrected chi connectivity index (χ3v) is 3.95. The maximum Gasteiger partial charge on any atom is 0.307 e. The molecule has 6 nitrogen and oxygen atoms in total. The Bertz CT molecular complexity index is 770. The quantitative estimate of drug-likeness (QED) is 0.793. The highest BCUT2D eigenvalue weighted by molar-refractivity contribution is 7.86. The van der Waals surface area contributed by atoms with Gasteiger partial charge in [0, 0.05) is 31.1 Å². The molecule has 0 aliphatic carbocycles. The average molecular weight is 322 g/mol. The summed E-state index contributed by atoms with van der Waals surface area (Å²) in [5, 5.41) is 0.964. The molecule has 0 radical (unpaired) electrons. The van der Waals surface area contributed by atoms with Crippen molar-refractivity contribution >= 4 is 21.0 Å². The van der Waals surface area contributed by atoms with Crippen molar-refractivity contribution in [3.8, 4) is 5.88 Å². The molecule has 1 aliphatic rings. The Morgan fingerprint density at radius 3 is 2.73 bits per heavy atom. The van der Waals surface area contributed by atoms with E-state index in [1.165, 1.54) is 5.56 Å². The molecule has 0 N–H and O–H groups in total. The van der Waals surface area contributed by atoms with Gasteiger partial charge in [0.2, 0.25) is 5.88 Å². The lowest BCUT2D eigenvalue weighted by molar-refractivity contribution is 0.0342. The molecule has 2 aromatic rings. The third kappa shape index (κ3) is 3.94. The predicted molar refractivity (Wildman–Crippen MR) is 83.3 cm³/mol. The van der Waals surface area contributed by atoms with Crippen LogP contribution in [0.3, 0.4) is 0 Å². The summed E-state index contributed by atoms with van der Waals surface area (Å²) in [7, 11) is -3.55. The van der Waals surface area contributed by atoms with Gasteiger partial charge >= 0.3 is 10.1 Å². The molecule has 3 rings (SSSR count). The molecule has 1 fully saturated rings. The number of ether oxygens (including phenoxy) is 1. The van der Waals surface area contributed by atoms with Crippen LogP contribution < -0.4 is 4.18 Å². The second kappa shape index (κ2) is 6.20. The summed E-state index contributed by atoms with van der Waals surface area (Å²) in [5.74, 6) is 0.0935. The molecular formula is C15H18N2O4S. The number of pyridine rings is 1. The van der Waals surface area contributed by atoms with E-state index in [9.17, 15) is 8.42 Å². The molecule has 118 valence electrons. The van der Waals surface area contributed by atoms with Crippen LogP contribution >= 0.6 is 0 Å². The summed E-state index contributed by atoms with van der Waals surface area (Å²) in [5.41, 5.74) is 1.92. The minimum atomic E-state index is -3.55. The number of fused-ring (bicyclic) bond motifs is 1. The van der Waals surface area contributed by atoms with Gasteiger partial charge in [0.15, 0.2) is 0 Å². The Balaban J connectivity index is 1.79. The van der Waals surface area contributed by atoms with E-state index in [1.807, 2.05) is 18.2 Å². The van der Waals surface area contributed by atoms with Gasteiger partial charge in [-0.05, 0) is 23.8 Å². The summed E-state index contributed by atoms with van der Waals surface area (Å²) in [6.45, 7) is 4.32. The van der Waals surface area contributed by atoms with Gasteiger partial charge in [-0.2, -0.15) is 8.42 Å².